The average Bonchev–Trinajstić information content (AvgIpc) is 3.24. The fraction of sp³-hybridized carbons (Fsp3) is 0.174. The van der Waals surface area contributed by atoms with Gasteiger partial charge in [0.25, 0.3) is 0 Å². The minimum absolute atomic E-state index is 0.202. The fourth-order valence-corrected chi connectivity index (χ4v) is 4.04. The molecule has 0 unspecified atom stereocenters. The van der Waals surface area contributed by atoms with E-state index in [0.29, 0.717) is 28.4 Å². The third-order valence-electron chi connectivity index (χ3n) is 4.50. The second-order valence-electron chi connectivity index (χ2n) is 6.79. The van der Waals surface area contributed by atoms with Gasteiger partial charge in [-0.05, 0) is 35.9 Å². The molecule has 4 rings (SSSR count). The molecule has 0 aliphatic carbocycles. The summed E-state index contributed by atoms with van der Waals surface area (Å²) in [6.07, 6.45) is 2.83. The Labute approximate surface area is 189 Å². The molecule has 0 saturated heterocycles. The highest BCUT2D eigenvalue weighted by atomic mass is 35.5. The van der Waals surface area contributed by atoms with Crippen molar-refractivity contribution in [2.24, 2.45) is 0 Å². The number of thioether (sulfide) groups is 1. The van der Waals surface area contributed by atoms with Gasteiger partial charge in [-0.25, -0.2) is 0 Å². The van der Waals surface area contributed by atoms with Crippen LogP contribution in [0.25, 0.3) is 17.1 Å². The van der Waals surface area contributed by atoms with Crippen LogP contribution in [0.4, 0.5) is 0 Å². The molecule has 1 atom stereocenters. The number of hydrogen-bond donors (Lipinski definition) is 1. The highest BCUT2D eigenvalue weighted by molar-refractivity contribution is 7.99. The Balaban J connectivity index is 1.43. The van der Waals surface area contributed by atoms with E-state index in [1.807, 2.05) is 71.3 Å². The SMILES string of the molecule is O[C@H](COCc1ccccc1Cl)CSc1nnc(-c2cccnc2)n1-c1ccccc1. The molecule has 0 radical (unpaired) electrons. The van der Waals surface area contributed by atoms with Crippen LogP contribution in [0.15, 0.2) is 84.3 Å². The van der Waals surface area contributed by atoms with Crippen molar-refractivity contribution in [2.75, 3.05) is 12.4 Å². The van der Waals surface area contributed by atoms with Crippen LogP contribution in [-0.4, -0.2) is 43.3 Å². The zero-order valence-electron chi connectivity index (χ0n) is 16.6. The molecule has 0 fully saturated rings. The molecule has 31 heavy (non-hydrogen) atoms. The number of hydrogen-bond acceptors (Lipinski definition) is 6. The van der Waals surface area contributed by atoms with Gasteiger partial charge in [-0.1, -0.05) is 59.8 Å². The van der Waals surface area contributed by atoms with Gasteiger partial charge in [0.15, 0.2) is 11.0 Å². The Morgan fingerprint density at radius 3 is 2.58 bits per heavy atom. The molecule has 4 aromatic rings. The molecule has 0 spiro atoms. The molecule has 0 amide bonds. The second-order valence-corrected chi connectivity index (χ2v) is 8.18. The van der Waals surface area contributed by atoms with E-state index in [-0.39, 0.29) is 6.61 Å². The number of ether oxygens (including phenoxy) is 1. The van der Waals surface area contributed by atoms with Crippen molar-refractivity contribution in [3.63, 3.8) is 0 Å². The third-order valence-corrected chi connectivity index (χ3v) is 5.94. The first-order chi connectivity index (χ1) is 15.2. The van der Waals surface area contributed by atoms with E-state index < -0.39 is 6.10 Å². The van der Waals surface area contributed by atoms with E-state index >= 15 is 0 Å². The standard InChI is InChI=1S/C23H21ClN4O2S/c24-21-11-5-4-7-18(21)14-30-15-20(29)16-31-23-27-26-22(17-8-6-12-25-13-17)28(23)19-9-2-1-3-10-19/h1-13,20,29H,14-16H2/t20-/m1/s1. The van der Waals surface area contributed by atoms with Gasteiger partial charge >= 0.3 is 0 Å². The fourth-order valence-electron chi connectivity index (χ4n) is 2.99. The molecular formula is C23H21ClN4O2S. The van der Waals surface area contributed by atoms with Crippen molar-refractivity contribution in [2.45, 2.75) is 17.9 Å². The van der Waals surface area contributed by atoms with E-state index in [1.54, 1.807) is 12.4 Å². The number of aliphatic hydroxyl groups is 1. The Kier molecular flexibility index (Phi) is 7.32. The predicted molar refractivity (Wildman–Crippen MR) is 122 cm³/mol. The van der Waals surface area contributed by atoms with E-state index in [4.69, 9.17) is 16.3 Å². The lowest BCUT2D eigenvalue weighted by atomic mass is 10.2. The van der Waals surface area contributed by atoms with Crippen molar-refractivity contribution in [1.82, 2.24) is 19.7 Å². The molecule has 0 aliphatic rings. The van der Waals surface area contributed by atoms with Crippen molar-refractivity contribution in [1.29, 1.82) is 0 Å². The number of rotatable bonds is 9. The van der Waals surface area contributed by atoms with Gasteiger partial charge in [0.2, 0.25) is 0 Å². The molecule has 0 bridgehead atoms. The number of aromatic nitrogens is 4. The lowest BCUT2D eigenvalue weighted by Crippen LogP contribution is -2.18. The Morgan fingerprint density at radius 2 is 1.81 bits per heavy atom. The number of benzene rings is 2. The number of nitrogens with zero attached hydrogens (tertiary/aromatic N) is 4. The molecule has 1 N–H and O–H groups in total. The van der Waals surface area contributed by atoms with Crippen LogP contribution in [0.2, 0.25) is 5.02 Å². The molecule has 158 valence electrons. The first-order valence-corrected chi connectivity index (χ1v) is 11.1. The molecule has 2 aromatic heterocycles. The van der Waals surface area contributed by atoms with Gasteiger partial charge in [-0.15, -0.1) is 10.2 Å². The highest BCUT2D eigenvalue weighted by Gasteiger charge is 2.17. The summed E-state index contributed by atoms with van der Waals surface area (Å²) in [5.74, 6) is 1.12. The van der Waals surface area contributed by atoms with Crippen LogP contribution >= 0.6 is 23.4 Å². The van der Waals surface area contributed by atoms with Gasteiger partial charge < -0.3 is 9.84 Å². The van der Waals surface area contributed by atoms with Crippen LogP contribution in [0.5, 0.6) is 0 Å². The number of halogens is 1. The first-order valence-electron chi connectivity index (χ1n) is 9.75. The van der Waals surface area contributed by atoms with Gasteiger partial charge in [-0.2, -0.15) is 0 Å². The lowest BCUT2D eigenvalue weighted by Gasteiger charge is -2.13. The van der Waals surface area contributed by atoms with E-state index in [2.05, 4.69) is 15.2 Å². The van der Waals surface area contributed by atoms with Gasteiger partial charge in [0.05, 0.1) is 19.3 Å². The molecule has 8 heteroatoms. The van der Waals surface area contributed by atoms with Crippen LogP contribution in [0.1, 0.15) is 5.56 Å². The molecule has 0 saturated carbocycles. The van der Waals surface area contributed by atoms with Gasteiger partial charge in [-0.3, -0.25) is 9.55 Å². The van der Waals surface area contributed by atoms with Gasteiger partial charge in [0.1, 0.15) is 0 Å². The van der Waals surface area contributed by atoms with Gasteiger partial charge in [0, 0.05) is 34.4 Å². The summed E-state index contributed by atoms with van der Waals surface area (Å²) in [5.41, 5.74) is 2.71. The zero-order valence-corrected chi connectivity index (χ0v) is 18.2. The third kappa shape index (κ3) is 5.51. The van der Waals surface area contributed by atoms with E-state index in [0.717, 1.165) is 16.8 Å². The number of aliphatic hydroxyl groups excluding tert-OH is 1. The summed E-state index contributed by atoms with van der Waals surface area (Å²) in [6, 6.07) is 21.2. The van der Waals surface area contributed by atoms with E-state index in [9.17, 15) is 5.11 Å². The first kappa shape index (κ1) is 21.5. The summed E-state index contributed by atoms with van der Waals surface area (Å²) in [6.45, 7) is 0.555. The number of para-hydroxylation sites is 1. The summed E-state index contributed by atoms with van der Waals surface area (Å²) in [7, 11) is 0. The second kappa shape index (κ2) is 10.5. The molecular weight excluding hydrogens is 432 g/mol. The monoisotopic (exact) mass is 452 g/mol. The molecule has 0 aliphatic heterocycles. The van der Waals surface area contributed by atoms with Crippen LogP contribution < -0.4 is 0 Å². The lowest BCUT2D eigenvalue weighted by molar-refractivity contribution is 0.0398. The molecule has 6 nitrogen and oxygen atoms in total. The van der Waals surface area contributed by atoms with Crippen LogP contribution in [0.3, 0.4) is 0 Å². The smallest absolute Gasteiger partial charge is 0.196 e. The van der Waals surface area contributed by atoms with Crippen molar-refractivity contribution < 1.29 is 9.84 Å². The maximum absolute atomic E-state index is 10.4. The predicted octanol–water partition coefficient (Wildman–Crippen LogP) is 4.65. The number of pyridine rings is 1. The molecule has 2 aromatic carbocycles. The summed E-state index contributed by atoms with van der Waals surface area (Å²) >= 11 is 7.57. The summed E-state index contributed by atoms with van der Waals surface area (Å²) < 4.78 is 7.61. The topological polar surface area (TPSA) is 73.1 Å². The summed E-state index contributed by atoms with van der Waals surface area (Å²) in [4.78, 5) is 4.19. The Bertz CT molecular complexity index is 1110. The quantitative estimate of drug-likeness (QED) is 0.372. The Morgan fingerprint density at radius 1 is 1.00 bits per heavy atom. The maximum atomic E-state index is 10.4. The Hall–Kier alpha value is -2.71. The average molecular weight is 453 g/mol. The maximum Gasteiger partial charge on any atom is 0.196 e. The minimum atomic E-state index is -0.657. The molecule has 2 heterocycles. The minimum Gasteiger partial charge on any atom is -0.390 e. The van der Waals surface area contributed by atoms with Crippen molar-refractivity contribution in [3.05, 3.63) is 89.7 Å². The van der Waals surface area contributed by atoms with Crippen LogP contribution in [0, 0.1) is 0 Å². The van der Waals surface area contributed by atoms with E-state index in [1.165, 1.54) is 11.8 Å². The highest BCUT2D eigenvalue weighted by Crippen LogP contribution is 2.28. The van der Waals surface area contributed by atoms with Crippen LogP contribution in [-0.2, 0) is 11.3 Å². The van der Waals surface area contributed by atoms with Crippen molar-refractivity contribution >= 4 is 23.4 Å². The largest absolute Gasteiger partial charge is 0.390 e. The normalized spacial score (nSPS) is 12.1. The zero-order chi connectivity index (χ0) is 21.5. The summed E-state index contributed by atoms with van der Waals surface area (Å²) in [5, 5.41) is 20.5. The van der Waals surface area contributed by atoms with Crippen molar-refractivity contribution in [3.8, 4) is 17.1 Å².